The number of carbonyl (C=O) groups is 2. The Bertz CT molecular complexity index is 1000. The third kappa shape index (κ3) is 4.04. The van der Waals surface area contributed by atoms with Crippen LogP contribution in [0.15, 0.2) is 42.5 Å². The van der Waals surface area contributed by atoms with E-state index in [-0.39, 0.29) is 17.7 Å². The lowest BCUT2D eigenvalue weighted by Gasteiger charge is -2.35. The Labute approximate surface area is 184 Å². The maximum atomic E-state index is 13.2. The van der Waals surface area contributed by atoms with Gasteiger partial charge in [0.15, 0.2) is 0 Å². The summed E-state index contributed by atoms with van der Waals surface area (Å²) < 4.78 is 5.57. The highest BCUT2D eigenvalue weighted by Gasteiger charge is 2.52. The van der Waals surface area contributed by atoms with Gasteiger partial charge in [-0.3, -0.25) is 14.5 Å². The quantitative estimate of drug-likeness (QED) is 0.825. The Morgan fingerprint density at radius 2 is 2.03 bits per heavy atom. The first-order valence-electron chi connectivity index (χ1n) is 10.8. The van der Waals surface area contributed by atoms with E-state index in [0.717, 1.165) is 29.7 Å². The summed E-state index contributed by atoms with van der Waals surface area (Å²) in [5.41, 5.74) is 3.44. The van der Waals surface area contributed by atoms with Crippen LogP contribution < -0.4 is 10.1 Å². The summed E-state index contributed by atoms with van der Waals surface area (Å²) >= 11 is 0. The highest BCUT2D eigenvalue weighted by Crippen LogP contribution is 2.37. The van der Waals surface area contributed by atoms with Crippen LogP contribution in [0.2, 0.25) is 0 Å². The zero-order chi connectivity index (χ0) is 22.2. The molecule has 1 spiro atoms. The van der Waals surface area contributed by atoms with Crippen molar-refractivity contribution in [3.8, 4) is 5.75 Å². The van der Waals surface area contributed by atoms with Crippen LogP contribution in [-0.2, 0) is 17.8 Å². The van der Waals surface area contributed by atoms with Crippen molar-refractivity contribution in [3.63, 3.8) is 0 Å². The zero-order valence-corrected chi connectivity index (χ0v) is 18.8. The van der Waals surface area contributed by atoms with Gasteiger partial charge in [-0.15, -0.1) is 0 Å². The Morgan fingerprint density at radius 3 is 2.77 bits per heavy atom. The number of likely N-dealkylation sites (tertiary alicyclic amines) is 1. The Kier molecular flexibility index (Phi) is 5.75. The second-order valence-corrected chi connectivity index (χ2v) is 9.04. The molecule has 31 heavy (non-hydrogen) atoms. The summed E-state index contributed by atoms with van der Waals surface area (Å²) in [6, 6.07) is 13.9. The van der Waals surface area contributed by atoms with Crippen molar-refractivity contribution in [2.24, 2.45) is 5.92 Å². The molecule has 0 saturated carbocycles. The first-order valence-corrected chi connectivity index (χ1v) is 10.8. The van der Waals surface area contributed by atoms with Crippen LogP contribution >= 0.6 is 0 Å². The summed E-state index contributed by atoms with van der Waals surface area (Å²) in [7, 11) is 5.26. The largest absolute Gasteiger partial charge is 0.496 e. The monoisotopic (exact) mass is 421 g/mol. The van der Waals surface area contributed by atoms with E-state index < -0.39 is 5.54 Å². The summed E-state index contributed by atoms with van der Waals surface area (Å²) in [6.45, 7) is 3.97. The van der Waals surface area contributed by atoms with Crippen molar-refractivity contribution >= 4 is 11.8 Å². The SMILES string of the molecule is COc1ccc(C)cc1CN1CC(C(=O)N(C)C)C2(CCc3ccccc3C(=O)N2)C1. The number of fused-ring (bicyclic) bond motifs is 1. The number of nitrogens with one attached hydrogen (secondary N) is 1. The summed E-state index contributed by atoms with van der Waals surface area (Å²) in [5, 5.41) is 3.29. The third-order valence-electron chi connectivity index (χ3n) is 6.65. The Hall–Kier alpha value is -2.86. The van der Waals surface area contributed by atoms with Gasteiger partial charge in [0.1, 0.15) is 5.75 Å². The van der Waals surface area contributed by atoms with Crippen LogP contribution in [0.5, 0.6) is 5.75 Å². The number of hydrogen-bond donors (Lipinski definition) is 1. The van der Waals surface area contributed by atoms with Gasteiger partial charge in [0, 0.05) is 44.9 Å². The highest BCUT2D eigenvalue weighted by molar-refractivity contribution is 5.97. The minimum atomic E-state index is -0.589. The molecule has 6 heteroatoms. The minimum absolute atomic E-state index is 0.0602. The summed E-state index contributed by atoms with van der Waals surface area (Å²) in [6.07, 6.45) is 1.51. The molecule has 0 radical (unpaired) electrons. The zero-order valence-electron chi connectivity index (χ0n) is 18.8. The van der Waals surface area contributed by atoms with E-state index in [1.165, 1.54) is 5.56 Å². The maximum absolute atomic E-state index is 13.2. The average molecular weight is 422 g/mol. The second kappa shape index (κ2) is 8.35. The van der Waals surface area contributed by atoms with E-state index in [0.29, 0.717) is 25.2 Å². The van der Waals surface area contributed by atoms with Gasteiger partial charge in [-0.2, -0.15) is 0 Å². The van der Waals surface area contributed by atoms with E-state index in [1.807, 2.05) is 36.4 Å². The second-order valence-electron chi connectivity index (χ2n) is 9.04. The number of rotatable bonds is 4. The molecule has 0 aliphatic carbocycles. The number of benzene rings is 2. The fourth-order valence-electron chi connectivity index (χ4n) is 5.08. The number of methoxy groups -OCH3 is 1. The van der Waals surface area contributed by atoms with Gasteiger partial charge in [-0.05, 0) is 37.5 Å². The molecule has 2 aromatic carbocycles. The number of ether oxygens (including phenoxy) is 1. The lowest BCUT2D eigenvalue weighted by molar-refractivity contribution is -0.134. The van der Waals surface area contributed by atoms with Crippen LogP contribution in [0.3, 0.4) is 0 Å². The predicted molar refractivity (Wildman–Crippen MR) is 120 cm³/mol. The van der Waals surface area contributed by atoms with Crippen molar-refractivity contribution in [2.75, 3.05) is 34.3 Å². The van der Waals surface area contributed by atoms with E-state index in [4.69, 9.17) is 4.74 Å². The van der Waals surface area contributed by atoms with Gasteiger partial charge in [-0.1, -0.05) is 35.9 Å². The summed E-state index contributed by atoms with van der Waals surface area (Å²) in [5.74, 6) is 0.528. The van der Waals surface area contributed by atoms with Gasteiger partial charge >= 0.3 is 0 Å². The van der Waals surface area contributed by atoms with E-state index >= 15 is 0 Å². The van der Waals surface area contributed by atoms with Crippen molar-refractivity contribution in [1.82, 2.24) is 15.1 Å². The molecule has 2 aliphatic heterocycles. The van der Waals surface area contributed by atoms with E-state index in [1.54, 1.807) is 26.1 Å². The first kappa shape index (κ1) is 21.4. The van der Waals surface area contributed by atoms with Crippen molar-refractivity contribution in [3.05, 3.63) is 64.7 Å². The van der Waals surface area contributed by atoms with Crippen molar-refractivity contribution in [1.29, 1.82) is 0 Å². The lowest BCUT2D eigenvalue weighted by atomic mass is 9.81. The topological polar surface area (TPSA) is 61.9 Å². The molecule has 1 N–H and O–H groups in total. The van der Waals surface area contributed by atoms with Gasteiger partial charge < -0.3 is 15.0 Å². The number of amides is 2. The molecule has 2 aliphatic rings. The molecule has 0 aromatic heterocycles. The van der Waals surface area contributed by atoms with E-state index in [2.05, 4.69) is 23.2 Å². The molecule has 6 nitrogen and oxygen atoms in total. The van der Waals surface area contributed by atoms with Crippen LogP contribution in [0.4, 0.5) is 0 Å². The number of carbonyl (C=O) groups excluding carboxylic acids is 2. The fourth-order valence-corrected chi connectivity index (χ4v) is 5.08. The van der Waals surface area contributed by atoms with Crippen molar-refractivity contribution in [2.45, 2.75) is 31.8 Å². The van der Waals surface area contributed by atoms with Gasteiger partial charge in [0.25, 0.3) is 5.91 Å². The maximum Gasteiger partial charge on any atom is 0.252 e. The predicted octanol–water partition coefficient (Wildman–Crippen LogP) is 2.64. The van der Waals surface area contributed by atoms with Crippen LogP contribution in [0, 0.1) is 12.8 Å². The number of aryl methyl sites for hydroxylation is 2. The lowest BCUT2D eigenvalue weighted by Crippen LogP contribution is -2.57. The van der Waals surface area contributed by atoms with E-state index in [9.17, 15) is 9.59 Å². The molecule has 2 atom stereocenters. The smallest absolute Gasteiger partial charge is 0.252 e. The van der Waals surface area contributed by atoms with Crippen LogP contribution in [0.1, 0.15) is 33.5 Å². The molecular weight excluding hydrogens is 390 g/mol. The normalized spacial score (nSPS) is 23.2. The molecular formula is C25H31N3O3. The van der Waals surface area contributed by atoms with Crippen molar-refractivity contribution < 1.29 is 14.3 Å². The average Bonchev–Trinajstić information content (AvgIpc) is 3.02. The summed E-state index contributed by atoms with van der Waals surface area (Å²) in [4.78, 5) is 30.3. The standard InChI is InChI=1S/C25H31N3O3/c1-17-9-10-22(31-4)19(13-17)14-28-15-21(24(30)27(2)3)25(16-28)12-11-18-7-5-6-8-20(18)23(29)26-25/h5-10,13,21H,11-12,14-16H2,1-4H3,(H,26,29). The highest BCUT2D eigenvalue weighted by atomic mass is 16.5. The Balaban J connectivity index is 1.66. The Morgan fingerprint density at radius 1 is 1.26 bits per heavy atom. The van der Waals surface area contributed by atoms with Gasteiger partial charge in [0.2, 0.25) is 5.91 Å². The molecule has 0 bridgehead atoms. The molecule has 2 unspecified atom stereocenters. The minimum Gasteiger partial charge on any atom is -0.496 e. The molecule has 4 rings (SSSR count). The molecule has 2 amide bonds. The van der Waals surface area contributed by atoms with Gasteiger partial charge in [0.05, 0.1) is 18.6 Å². The molecule has 164 valence electrons. The molecule has 1 saturated heterocycles. The first-order chi connectivity index (χ1) is 14.8. The number of nitrogens with zero attached hydrogens (tertiary/aromatic N) is 2. The molecule has 2 heterocycles. The molecule has 2 aromatic rings. The molecule has 1 fully saturated rings. The van der Waals surface area contributed by atoms with Gasteiger partial charge in [-0.25, -0.2) is 0 Å². The van der Waals surface area contributed by atoms with Crippen LogP contribution in [0.25, 0.3) is 0 Å². The fraction of sp³-hybridized carbons (Fsp3) is 0.440. The third-order valence-corrected chi connectivity index (χ3v) is 6.65. The van der Waals surface area contributed by atoms with Crippen LogP contribution in [-0.4, -0.2) is 61.4 Å². The number of hydrogen-bond acceptors (Lipinski definition) is 4.